The van der Waals surface area contributed by atoms with Crippen molar-refractivity contribution in [3.63, 3.8) is 0 Å². The van der Waals surface area contributed by atoms with Gasteiger partial charge in [-0.3, -0.25) is 0 Å². The van der Waals surface area contributed by atoms with Gasteiger partial charge in [-0.1, -0.05) is 25.7 Å². The number of nitrogens with two attached hydrogens (primary N) is 1. The van der Waals surface area contributed by atoms with E-state index in [2.05, 4.69) is 4.90 Å². The van der Waals surface area contributed by atoms with Crippen LogP contribution in [-0.4, -0.2) is 36.9 Å². The molecule has 0 radical (unpaired) electrons. The Bertz CT molecular complexity index is 189. The van der Waals surface area contributed by atoms with Crippen LogP contribution in [0.5, 0.6) is 0 Å². The number of unbranched alkanes of at least 4 members (excludes halogenated alkanes) is 6. The van der Waals surface area contributed by atoms with E-state index in [1.165, 1.54) is 64.6 Å². The highest BCUT2D eigenvalue weighted by Crippen LogP contribution is 2.11. The fraction of sp³-hybridized carbons (Fsp3) is 0.929. The molecule has 3 heteroatoms. The number of aldehydes is 1. The molecule has 0 saturated carbocycles. The lowest BCUT2D eigenvalue weighted by molar-refractivity contribution is -0.107. The van der Waals surface area contributed by atoms with Gasteiger partial charge in [-0.2, -0.15) is 0 Å². The zero-order chi connectivity index (χ0) is 12.3. The van der Waals surface area contributed by atoms with E-state index in [1.54, 1.807) is 0 Å². The van der Waals surface area contributed by atoms with Crippen molar-refractivity contribution in [3.8, 4) is 0 Å². The summed E-state index contributed by atoms with van der Waals surface area (Å²) in [6, 6.07) is 0.448. The van der Waals surface area contributed by atoms with Crippen molar-refractivity contribution in [3.05, 3.63) is 0 Å². The highest BCUT2D eigenvalue weighted by molar-refractivity contribution is 5.48. The molecule has 1 saturated heterocycles. The summed E-state index contributed by atoms with van der Waals surface area (Å²) in [7, 11) is 0. The highest BCUT2D eigenvalue weighted by Gasteiger charge is 2.14. The molecule has 0 aromatic heterocycles. The van der Waals surface area contributed by atoms with Crippen molar-refractivity contribution >= 4 is 6.29 Å². The van der Waals surface area contributed by atoms with E-state index < -0.39 is 0 Å². The van der Waals surface area contributed by atoms with E-state index in [1.807, 2.05) is 0 Å². The van der Waals surface area contributed by atoms with Gasteiger partial charge in [-0.05, 0) is 45.3 Å². The Morgan fingerprint density at radius 3 is 2.24 bits per heavy atom. The molecule has 1 fully saturated rings. The predicted octanol–water partition coefficient (Wildman–Crippen LogP) is 2.34. The van der Waals surface area contributed by atoms with Crippen LogP contribution in [0.2, 0.25) is 0 Å². The van der Waals surface area contributed by atoms with Crippen molar-refractivity contribution in [1.29, 1.82) is 0 Å². The fourth-order valence-corrected chi connectivity index (χ4v) is 2.45. The third-order valence-corrected chi connectivity index (χ3v) is 3.68. The molecule has 1 aliphatic rings. The summed E-state index contributed by atoms with van der Waals surface area (Å²) in [5, 5.41) is 0. The number of carbonyl (C=O) groups excluding carboxylic acids is 1. The maximum atomic E-state index is 10.1. The average Bonchev–Trinajstić information content (AvgIpc) is 2.35. The van der Waals surface area contributed by atoms with Gasteiger partial charge in [0, 0.05) is 12.5 Å². The summed E-state index contributed by atoms with van der Waals surface area (Å²) in [5.41, 5.74) is 5.88. The Kier molecular flexibility index (Phi) is 8.28. The van der Waals surface area contributed by atoms with Crippen molar-refractivity contribution in [1.82, 2.24) is 4.90 Å². The third kappa shape index (κ3) is 7.50. The SMILES string of the molecule is NC1CCN(CCCCCCCCC=O)CC1. The number of likely N-dealkylation sites (tertiary alicyclic amines) is 1. The molecular formula is C14H28N2O. The average molecular weight is 240 g/mol. The van der Waals surface area contributed by atoms with Crippen LogP contribution in [0.15, 0.2) is 0 Å². The fourth-order valence-electron chi connectivity index (χ4n) is 2.45. The zero-order valence-electron chi connectivity index (χ0n) is 11.1. The van der Waals surface area contributed by atoms with Crippen LogP contribution in [-0.2, 0) is 4.79 Å². The second kappa shape index (κ2) is 9.60. The molecule has 0 aromatic rings. The van der Waals surface area contributed by atoms with Gasteiger partial charge in [0.2, 0.25) is 0 Å². The minimum atomic E-state index is 0.448. The molecule has 2 N–H and O–H groups in total. The summed E-state index contributed by atoms with van der Waals surface area (Å²) in [4.78, 5) is 12.7. The Morgan fingerprint density at radius 1 is 1.00 bits per heavy atom. The normalized spacial score (nSPS) is 18.4. The van der Waals surface area contributed by atoms with E-state index in [0.29, 0.717) is 6.04 Å². The molecule has 0 bridgehead atoms. The van der Waals surface area contributed by atoms with Gasteiger partial charge in [0.05, 0.1) is 0 Å². The Morgan fingerprint density at radius 2 is 1.59 bits per heavy atom. The molecule has 0 spiro atoms. The number of nitrogens with zero attached hydrogens (tertiary/aromatic N) is 1. The summed E-state index contributed by atoms with van der Waals surface area (Å²) in [6.45, 7) is 3.64. The number of piperidine rings is 1. The highest BCUT2D eigenvalue weighted by atomic mass is 16.1. The smallest absolute Gasteiger partial charge is 0.119 e. The zero-order valence-corrected chi connectivity index (χ0v) is 11.1. The molecule has 1 heterocycles. The van der Waals surface area contributed by atoms with Gasteiger partial charge in [-0.25, -0.2) is 0 Å². The quantitative estimate of drug-likeness (QED) is 0.497. The summed E-state index contributed by atoms with van der Waals surface area (Å²) in [5.74, 6) is 0. The first-order valence-electron chi connectivity index (χ1n) is 7.24. The topological polar surface area (TPSA) is 46.3 Å². The molecule has 1 rings (SSSR count). The first-order chi connectivity index (χ1) is 8.33. The molecule has 0 aromatic carbocycles. The van der Waals surface area contributed by atoms with Gasteiger partial charge in [0.15, 0.2) is 0 Å². The molecule has 1 aliphatic heterocycles. The van der Waals surface area contributed by atoms with Crippen molar-refractivity contribution in [2.24, 2.45) is 5.73 Å². The standard InChI is InChI=1S/C14H28N2O/c15-14-8-11-16(12-9-14)10-6-4-2-1-3-5-7-13-17/h13-14H,1-12,15H2. The Hall–Kier alpha value is -0.410. The van der Waals surface area contributed by atoms with Crippen LogP contribution in [0.1, 0.15) is 57.8 Å². The van der Waals surface area contributed by atoms with E-state index in [-0.39, 0.29) is 0 Å². The van der Waals surface area contributed by atoms with E-state index >= 15 is 0 Å². The minimum Gasteiger partial charge on any atom is -0.328 e. The maximum absolute atomic E-state index is 10.1. The molecule has 17 heavy (non-hydrogen) atoms. The van der Waals surface area contributed by atoms with E-state index in [9.17, 15) is 4.79 Å². The van der Waals surface area contributed by atoms with Gasteiger partial charge >= 0.3 is 0 Å². The second-order valence-corrected chi connectivity index (χ2v) is 5.26. The number of carbonyl (C=O) groups is 1. The summed E-state index contributed by atoms with van der Waals surface area (Å²) >= 11 is 0. The van der Waals surface area contributed by atoms with Crippen molar-refractivity contribution in [2.75, 3.05) is 19.6 Å². The molecule has 0 amide bonds. The lowest BCUT2D eigenvalue weighted by Crippen LogP contribution is -2.39. The summed E-state index contributed by atoms with van der Waals surface area (Å²) in [6.07, 6.45) is 11.7. The lowest BCUT2D eigenvalue weighted by atomic mass is 10.1. The molecular weight excluding hydrogens is 212 g/mol. The van der Waals surface area contributed by atoms with Crippen LogP contribution in [0.3, 0.4) is 0 Å². The number of hydrogen-bond acceptors (Lipinski definition) is 3. The van der Waals surface area contributed by atoms with Crippen LogP contribution in [0, 0.1) is 0 Å². The molecule has 100 valence electrons. The third-order valence-electron chi connectivity index (χ3n) is 3.68. The lowest BCUT2D eigenvalue weighted by Gasteiger charge is -2.29. The second-order valence-electron chi connectivity index (χ2n) is 5.26. The molecule has 0 atom stereocenters. The maximum Gasteiger partial charge on any atom is 0.119 e. The van der Waals surface area contributed by atoms with E-state index in [0.717, 1.165) is 19.1 Å². The monoisotopic (exact) mass is 240 g/mol. The summed E-state index contributed by atoms with van der Waals surface area (Å²) < 4.78 is 0. The van der Waals surface area contributed by atoms with Crippen molar-refractivity contribution < 1.29 is 4.79 Å². The first-order valence-corrected chi connectivity index (χ1v) is 7.24. The van der Waals surface area contributed by atoms with Crippen LogP contribution < -0.4 is 5.73 Å². The number of rotatable bonds is 9. The largest absolute Gasteiger partial charge is 0.328 e. The number of hydrogen-bond donors (Lipinski definition) is 1. The molecule has 0 aliphatic carbocycles. The van der Waals surface area contributed by atoms with Gasteiger partial charge < -0.3 is 15.4 Å². The van der Waals surface area contributed by atoms with Crippen LogP contribution in [0.4, 0.5) is 0 Å². The Balaban J connectivity index is 1.82. The van der Waals surface area contributed by atoms with Gasteiger partial charge in [0.1, 0.15) is 6.29 Å². The van der Waals surface area contributed by atoms with Crippen LogP contribution in [0.25, 0.3) is 0 Å². The minimum absolute atomic E-state index is 0.448. The molecule has 3 nitrogen and oxygen atoms in total. The van der Waals surface area contributed by atoms with Crippen LogP contribution >= 0.6 is 0 Å². The van der Waals surface area contributed by atoms with E-state index in [4.69, 9.17) is 5.73 Å². The van der Waals surface area contributed by atoms with Crippen molar-refractivity contribution in [2.45, 2.75) is 63.8 Å². The predicted molar refractivity (Wildman–Crippen MR) is 72.0 cm³/mol. The molecule has 0 unspecified atom stereocenters. The van der Waals surface area contributed by atoms with Gasteiger partial charge in [0.25, 0.3) is 0 Å². The van der Waals surface area contributed by atoms with Gasteiger partial charge in [-0.15, -0.1) is 0 Å². The Labute approximate surface area is 106 Å². The first kappa shape index (κ1) is 14.7.